The van der Waals surface area contributed by atoms with E-state index in [9.17, 15) is 23.5 Å². The summed E-state index contributed by atoms with van der Waals surface area (Å²) in [5.74, 6) is 0.466. The van der Waals surface area contributed by atoms with Crippen molar-refractivity contribution in [2.24, 2.45) is 0 Å². The molecule has 11 heteroatoms. The van der Waals surface area contributed by atoms with Gasteiger partial charge in [0, 0.05) is 30.8 Å². The van der Waals surface area contributed by atoms with Gasteiger partial charge in [0.2, 0.25) is 11.7 Å². The zero-order chi connectivity index (χ0) is 22.2. The Morgan fingerprint density at radius 1 is 1.19 bits per heavy atom. The standard InChI is InChI=1S/C20H19F3N4O4/c21-20(22,23)14-6-4-12(5-7-14)10-26-11-16(28)9-17(26)19-24-18(25-31-19)13-2-1-3-15(8-13)27(29)30/h1-8,16-17,27-29H,9-11H2/t16-,17+/m1/s1. The molecule has 2 heterocycles. The van der Waals surface area contributed by atoms with Crippen molar-refractivity contribution >= 4 is 5.69 Å². The first kappa shape index (κ1) is 21.4. The number of quaternary nitrogens is 1. The highest BCUT2D eigenvalue weighted by Gasteiger charge is 2.36. The molecule has 0 amide bonds. The average molecular weight is 436 g/mol. The summed E-state index contributed by atoms with van der Waals surface area (Å²) in [5.41, 5.74) is 0.493. The minimum Gasteiger partial charge on any atom is -0.595 e. The van der Waals surface area contributed by atoms with Gasteiger partial charge >= 0.3 is 6.18 Å². The van der Waals surface area contributed by atoms with Gasteiger partial charge in [-0.15, -0.1) is 0 Å². The maximum absolute atomic E-state index is 12.8. The second kappa shape index (κ2) is 8.36. The number of rotatable bonds is 5. The summed E-state index contributed by atoms with van der Waals surface area (Å²) in [6.07, 6.45) is -4.72. The summed E-state index contributed by atoms with van der Waals surface area (Å²) in [6, 6.07) is 10.6. The Labute approximate surface area is 174 Å². The Hall–Kier alpha value is -2.83. The average Bonchev–Trinajstić information content (AvgIpc) is 3.34. The molecule has 3 N–H and O–H groups in total. The van der Waals surface area contributed by atoms with Crippen LogP contribution in [0.3, 0.4) is 0 Å². The molecule has 1 aliphatic rings. The number of halogens is 3. The van der Waals surface area contributed by atoms with Crippen molar-refractivity contribution < 1.29 is 33.2 Å². The van der Waals surface area contributed by atoms with Crippen LogP contribution in [-0.2, 0) is 12.7 Å². The molecule has 3 atom stereocenters. The lowest BCUT2D eigenvalue weighted by Gasteiger charge is -2.21. The van der Waals surface area contributed by atoms with Gasteiger partial charge in [0.05, 0.1) is 17.7 Å². The van der Waals surface area contributed by atoms with Crippen molar-refractivity contribution in [3.63, 3.8) is 0 Å². The molecule has 4 rings (SSSR count). The highest BCUT2D eigenvalue weighted by atomic mass is 19.4. The first-order valence-corrected chi connectivity index (χ1v) is 9.46. The molecule has 2 aromatic carbocycles. The number of hydrogen-bond donors (Lipinski definition) is 3. The summed E-state index contributed by atoms with van der Waals surface area (Å²) in [4.78, 5) is 6.22. The zero-order valence-corrected chi connectivity index (χ0v) is 16.1. The molecule has 8 nitrogen and oxygen atoms in total. The van der Waals surface area contributed by atoms with Gasteiger partial charge in [0.15, 0.2) is 5.69 Å². The van der Waals surface area contributed by atoms with Crippen LogP contribution in [0.2, 0.25) is 0 Å². The molecule has 0 bridgehead atoms. The highest BCUT2D eigenvalue weighted by molar-refractivity contribution is 5.58. The lowest BCUT2D eigenvalue weighted by molar-refractivity contribution is -0.991. The van der Waals surface area contributed by atoms with E-state index in [1.54, 1.807) is 12.1 Å². The van der Waals surface area contributed by atoms with E-state index in [0.29, 0.717) is 30.6 Å². The maximum atomic E-state index is 12.8. The van der Waals surface area contributed by atoms with Crippen molar-refractivity contribution in [1.29, 1.82) is 0 Å². The van der Waals surface area contributed by atoms with Gasteiger partial charge in [-0.1, -0.05) is 29.4 Å². The van der Waals surface area contributed by atoms with Gasteiger partial charge in [-0.2, -0.15) is 23.4 Å². The fourth-order valence-electron chi connectivity index (χ4n) is 3.62. The minimum atomic E-state index is -4.40. The van der Waals surface area contributed by atoms with Crippen LogP contribution in [0.15, 0.2) is 53.1 Å². The Bertz CT molecular complexity index is 1040. The predicted octanol–water partition coefficient (Wildman–Crippen LogP) is 2.47. The SMILES string of the molecule is [O-][NH+](O)c1cccc(-c2noc([C@@H]3C[C@@H](O)CN3Cc3ccc(C(F)(F)F)cc3)n2)c1. The van der Waals surface area contributed by atoms with E-state index in [0.717, 1.165) is 12.1 Å². The van der Waals surface area contributed by atoms with Crippen LogP contribution in [0.25, 0.3) is 11.4 Å². The number of aromatic nitrogens is 2. The number of nitrogens with one attached hydrogen (secondary N) is 1. The number of aliphatic hydroxyl groups is 1. The first-order valence-electron chi connectivity index (χ1n) is 9.46. The van der Waals surface area contributed by atoms with Crippen molar-refractivity contribution in [3.05, 3.63) is 70.8 Å². The number of aliphatic hydroxyl groups excluding tert-OH is 1. The molecule has 1 unspecified atom stereocenters. The Morgan fingerprint density at radius 3 is 2.61 bits per heavy atom. The molecule has 0 aliphatic carbocycles. The Morgan fingerprint density at radius 2 is 1.94 bits per heavy atom. The molecule has 1 fully saturated rings. The van der Waals surface area contributed by atoms with E-state index >= 15 is 0 Å². The maximum Gasteiger partial charge on any atom is 0.416 e. The molecular weight excluding hydrogens is 417 g/mol. The van der Waals surface area contributed by atoms with E-state index < -0.39 is 29.1 Å². The summed E-state index contributed by atoms with van der Waals surface area (Å²) in [7, 11) is 0. The molecular formula is C20H19F3N4O4. The quantitative estimate of drug-likeness (QED) is 0.527. The number of nitrogens with zero attached hydrogens (tertiary/aromatic N) is 3. The van der Waals surface area contributed by atoms with Gasteiger partial charge in [0.25, 0.3) is 0 Å². The van der Waals surface area contributed by atoms with Crippen LogP contribution < -0.4 is 5.23 Å². The second-order valence-corrected chi connectivity index (χ2v) is 7.37. The third-order valence-corrected chi connectivity index (χ3v) is 5.14. The molecule has 0 radical (unpaired) electrons. The smallest absolute Gasteiger partial charge is 0.416 e. The molecule has 1 saturated heterocycles. The fraction of sp³-hybridized carbons (Fsp3) is 0.300. The third-order valence-electron chi connectivity index (χ3n) is 5.14. The van der Waals surface area contributed by atoms with E-state index in [4.69, 9.17) is 9.73 Å². The minimum absolute atomic E-state index is 0.0871. The summed E-state index contributed by atoms with van der Waals surface area (Å²) >= 11 is 0. The van der Waals surface area contributed by atoms with Crippen molar-refractivity contribution in [3.8, 4) is 11.4 Å². The lowest BCUT2D eigenvalue weighted by Crippen LogP contribution is -2.99. The predicted molar refractivity (Wildman–Crippen MR) is 101 cm³/mol. The first-order chi connectivity index (χ1) is 14.7. The summed E-state index contributed by atoms with van der Waals surface area (Å²) in [6.45, 7) is 0.601. The zero-order valence-electron chi connectivity index (χ0n) is 16.1. The molecule has 1 aromatic heterocycles. The van der Waals surface area contributed by atoms with Gasteiger partial charge in [0.1, 0.15) is 0 Å². The summed E-state index contributed by atoms with van der Waals surface area (Å²) in [5, 5.41) is 33.3. The van der Waals surface area contributed by atoms with E-state index in [2.05, 4.69) is 10.1 Å². The molecule has 3 aromatic rings. The largest absolute Gasteiger partial charge is 0.595 e. The normalized spacial score (nSPS) is 20.8. The topological polar surface area (TPSA) is 110 Å². The van der Waals surface area contributed by atoms with E-state index in [1.165, 1.54) is 24.3 Å². The van der Waals surface area contributed by atoms with Crippen LogP contribution in [0.1, 0.15) is 29.5 Å². The number of hydrogen-bond acceptors (Lipinski definition) is 7. The molecule has 31 heavy (non-hydrogen) atoms. The van der Waals surface area contributed by atoms with Crippen molar-refractivity contribution in [1.82, 2.24) is 15.0 Å². The van der Waals surface area contributed by atoms with E-state index in [1.807, 2.05) is 4.90 Å². The third kappa shape index (κ3) is 4.75. The van der Waals surface area contributed by atoms with Crippen LogP contribution in [0.5, 0.6) is 0 Å². The van der Waals surface area contributed by atoms with Crippen LogP contribution in [0.4, 0.5) is 18.9 Å². The van der Waals surface area contributed by atoms with Crippen LogP contribution in [0, 0.1) is 5.21 Å². The van der Waals surface area contributed by atoms with Crippen LogP contribution >= 0.6 is 0 Å². The summed E-state index contributed by atoms with van der Waals surface area (Å²) < 4.78 is 43.7. The van der Waals surface area contributed by atoms with Gasteiger partial charge in [-0.05, 0) is 24.1 Å². The molecule has 0 saturated carbocycles. The number of benzene rings is 2. The molecule has 1 aliphatic heterocycles. The monoisotopic (exact) mass is 436 g/mol. The van der Waals surface area contributed by atoms with Gasteiger partial charge < -0.3 is 14.8 Å². The van der Waals surface area contributed by atoms with E-state index in [-0.39, 0.29) is 17.4 Å². The van der Waals surface area contributed by atoms with Gasteiger partial charge in [-0.25, -0.2) is 5.21 Å². The molecule has 164 valence electrons. The Kier molecular flexibility index (Phi) is 5.77. The number of alkyl halides is 3. The second-order valence-electron chi connectivity index (χ2n) is 7.37. The molecule has 0 spiro atoms. The van der Waals surface area contributed by atoms with Gasteiger partial charge in [-0.3, -0.25) is 4.90 Å². The highest BCUT2D eigenvalue weighted by Crippen LogP contribution is 2.34. The van der Waals surface area contributed by atoms with Crippen molar-refractivity contribution in [2.45, 2.75) is 31.3 Å². The lowest BCUT2D eigenvalue weighted by atomic mass is 10.1. The fourth-order valence-corrected chi connectivity index (χ4v) is 3.62. The van der Waals surface area contributed by atoms with Crippen molar-refractivity contribution in [2.75, 3.05) is 6.54 Å². The Balaban J connectivity index is 1.53. The number of likely N-dealkylation sites (tertiary alicyclic amines) is 1. The van der Waals surface area contributed by atoms with Crippen LogP contribution in [-0.4, -0.2) is 38.0 Å². The number of β-amino-alcohol motifs (C(OH)–C–C–N with tert-alkyl or cyclic N) is 1.